The molecule has 0 aromatic heterocycles. The van der Waals surface area contributed by atoms with Crippen molar-refractivity contribution in [3.05, 3.63) is 39.9 Å². The van der Waals surface area contributed by atoms with Crippen molar-refractivity contribution in [3.63, 3.8) is 0 Å². The lowest BCUT2D eigenvalue weighted by molar-refractivity contribution is -0.954. The van der Waals surface area contributed by atoms with Crippen LogP contribution in [0.1, 0.15) is 84.2 Å². The fourth-order valence-electron chi connectivity index (χ4n) is 4.02. The van der Waals surface area contributed by atoms with E-state index in [0.29, 0.717) is 6.04 Å². The van der Waals surface area contributed by atoms with E-state index in [0.717, 1.165) is 30.4 Å². The Morgan fingerprint density at radius 1 is 0.923 bits per heavy atom. The number of nitro groups is 1. The first-order valence-electron chi connectivity index (χ1n) is 10.1. The van der Waals surface area contributed by atoms with Crippen molar-refractivity contribution < 1.29 is 26.4 Å². The molecular weight excluding hydrogens is 392 g/mol. The standard InChI is InChI=1S/C21H37N2O2.BrH/c1-5-9-10-11-12-18-23(7-3,8-4)21(13-6-2)19-14-16-20(17-15-19)22(24)25;/h14-17,21H,5-13,18H2,1-4H3;1H/q+1;/p-1. The molecule has 0 spiro atoms. The molecule has 5 heteroatoms. The van der Waals surface area contributed by atoms with Crippen LogP contribution in [0.15, 0.2) is 24.3 Å². The summed E-state index contributed by atoms with van der Waals surface area (Å²) in [6.07, 6.45) is 8.80. The summed E-state index contributed by atoms with van der Waals surface area (Å²) in [5.41, 5.74) is 1.44. The van der Waals surface area contributed by atoms with E-state index >= 15 is 0 Å². The third-order valence-electron chi connectivity index (χ3n) is 5.68. The molecule has 0 amide bonds. The van der Waals surface area contributed by atoms with Crippen molar-refractivity contribution in [1.29, 1.82) is 0 Å². The molecule has 0 aliphatic carbocycles. The van der Waals surface area contributed by atoms with Crippen LogP contribution < -0.4 is 17.0 Å². The zero-order chi connectivity index (χ0) is 18.7. The third kappa shape index (κ3) is 6.99. The minimum absolute atomic E-state index is 0. The molecule has 1 rings (SSSR count). The molecule has 0 radical (unpaired) electrons. The number of halogens is 1. The maximum absolute atomic E-state index is 10.9. The Labute approximate surface area is 170 Å². The van der Waals surface area contributed by atoms with E-state index in [1.807, 2.05) is 12.1 Å². The Hall–Kier alpha value is -0.940. The number of benzene rings is 1. The highest BCUT2D eigenvalue weighted by atomic mass is 79.9. The van der Waals surface area contributed by atoms with E-state index in [2.05, 4.69) is 27.7 Å². The molecule has 0 saturated heterocycles. The molecular formula is C21H37BrN2O2. The Balaban J connectivity index is 0.00000625. The molecule has 0 bridgehead atoms. The molecule has 1 aromatic rings. The Kier molecular flexibility index (Phi) is 12.8. The molecule has 1 unspecified atom stereocenters. The van der Waals surface area contributed by atoms with Gasteiger partial charge < -0.3 is 21.5 Å². The number of hydrogen-bond donors (Lipinski definition) is 0. The van der Waals surface area contributed by atoms with Crippen molar-refractivity contribution in [2.24, 2.45) is 0 Å². The first kappa shape index (κ1) is 25.1. The van der Waals surface area contributed by atoms with Crippen LogP contribution >= 0.6 is 0 Å². The topological polar surface area (TPSA) is 43.1 Å². The number of nitrogens with zero attached hydrogens (tertiary/aromatic N) is 2. The van der Waals surface area contributed by atoms with Gasteiger partial charge in [-0.3, -0.25) is 10.1 Å². The van der Waals surface area contributed by atoms with Crippen LogP contribution in [0.5, 0.6) is 0 Å². The number of nitro benzene ring substituents is 1. The quantitative estimate of drug-likeness (QED) is 0.209. The monoisotopic (exact) mass is 428 g/mol. The lowest BCUT2D eigenvalue weighted by atomic mass is 9.96. The van der Waals surface area contributed by atoms with Gasteiger partial charge in [-0.05, 0) is 38.8 Å². The highest BCUT2D eigenvalue weighted by Crippen LogP contribution is 2.34. The van der Waals surface area contributed by atoms with E-state index in [1.54, 1.807) is 12.1 Å². The molecule has 0 saturated carbocycles. The van der Waals surface area contributed by atoms with Crippen LogP contribution in [0, 0.1) is 10.1 Å². The number of unbranched alkanes of at least 4 members (excludes halogenated alkanes) is 4. The van der Waals surface area contributed by atoms with Gasteiger partial charge in [0.05, 0.1) is 24.6 Å². The largest absolute Gasteiger partial charge is 1.00 e. The second-order valence-electron chi connectivity index (χ2n) is 7.14. The summed E-state index contributed by atoms with van der Waals surface area (Å²) >= 11 is 0. The Morgan fingerprint density at radius 2 is 1.50 bits per heavy atom. The van der Waals surface area contributed by atoms with E-state index in [-0.39, 0.29) is 27.6 Å². The number of rotatable bonds is 13. The van der Waals surface area contributed by atoms with Crippen LogP contribution in [-0.2, 0) is 0 Å². The van der Waals surface area contributed by atoms with Gasteiger partial charge in [-0.2, -0.15) is 0 Å². The van der Waals surface area contributed by atoms with Crippen molar-refractivity contribution in [2.75, 3.05) is 19.6 Å². The maximum Gasteiger partial charge on any atom is 0.269 e. The number of non-ortho nitro benzene ring substituents is 1. The van der Waals surface area contributed by atoms with Crippen molar-refractivity contribution in [3.8, 4) is 0 Å². The van der Waals surface area contributed by atoms with Gasteiger partial charge in [0.15, 0.2) is 0 Å². The average molecular weight is 429 g/mol. The van der Waals surface area contributed by atoms with Gasteiger partial charge in [0, 0.05) is 24.1 Å². The van der Waals surface area contributed by atoms with Crippen LogP contribution in [0.4, 0.5) is 5.69 Å². The molecule has 26 heavy (non-hydrogen) atoms. The van der Waals surface area contributed by atoms with E-state index in [1.165, 1.54) is 44.2 Å². The molecule has 1 atom stereocenters. The van der Waals surface area contributed by atoms with Gasteiger partial charge in [-0.25, -0.2) is 0 Å². The minimum Gasteiger partial charge on any atom is -1.00 e. The van der Waals surface area contributed by atoms with Crippen molar-refractivity contribution >= 4 is 5.69 Å². The zero-order valence-corrected chi connectivity index (χ0v) is 18.6. The first-order chi connectivity index (χ1) is 12.0. The minimum atomic E-state index is -0.311. The van der Waals surface area contributed by atoms with Crippen LogP contribution in [-0.4, -0.2) is 29.0 Å². The molecule has 150 valence electrons. The molecule has 1 aromatic carbocycles. The second kappa shape index (κ2) is 13.3. The van der Waals surface area contributed by atoms with E-state index in [9.17, 15) is 10.1 Å². The van der Waals surface area contributed by atoms with Crippen LogP contribution in [0.3, 0.4) is 0 Å². The number of quaternary nitrogens is 1. The summed E-state index contributed by atoms with van der Waals surface area (Å²) in [5, 5.41) is 10.9. The summed E-state index contributed by atoms with van der Waals surface area (Å²) in [5.74, 6) is 0. The average Bonchev–Trinajstić information content (AvgIpc) is 2.64. The molecule has 0 fully saturated rings. The summed E-state index contributed by atoms with van der Waals surface area (Å²) in [6.45, 7) is 12.5. The molecule has 0 N–H and O–H groups in total. The maximum atomic E-state index is 10.9. The van der Waals surface area contributed by atoms with Crippen molar-refractivity contribution in [2.45, 2.75) is 78.7 Å². The Bertz CT molecular complexity index is 501. The predicted molar refractivity (Wildman–Crippen MR) is 106 cm³/mol. The van der Waals surface area contributed by atoms with Crippen LogP contribution in [0.25, 0.3) is 0 Å². The second-order valence-corrected chi connectivity index (χ2v) is 7.14. The highest BCUT2D eigenvalue weighted by Gasteiger charge is 2.34. The van der Waals surface area contributed by atoms with Gasteiger partial charge in [0.25, 0.3) is 5.69 Å². The van der Waals surface area contributed by atoms with Gasteiger partial charge in [0.1, 0.15) is 6.04 Å². The molecule has 0 aliphatic heterocycles. The van der Waals surface area contributed by atoms with Gasteiger partial charge in [0.2, 0.25) is 0 Å². The zero-order valence-electron chi connectivity index (χ0n) is 17.0. The normalized spacial score (nSPS) is 12.5. The lowest BCUT2D eigenvalue weighted by Crippen LogP contribution is -3.00. The van der Waals surface area contributed by atoms with Gasteiger partial charge >= 0.3 is 0 Å². The summed E-state index contributed by atoms with van der Waals surface area (Å²) in [7, 11) is 0. The van der Waals surface area contributed by atoms with E-state index in [4.69, 9.17) is 0 Å². The lowest BCUT2D eigenvalue weighted by Gasteiger charge is -2.44. The van der Waals surface area contributed by atoms with E-state index < -0.39 is 0 Å². The van der Waals surface area contributed by atoms with Gasteiger partial charge in [-0.1, -0.05) is 39.5 Å². The predicted octanol–water partition coefficient (Wildman–Crippen LogP) is 3.27. The summed E-state index contributed by atoms with van der Waals surface area (Å²) < 4.78 is 1.10. The van der Waals surface area contributed by atoms with Crippen LogP contribution in [0.2, 0.25) is 0 Å². The number of hydrogen-bond acceptors (Lipinski definition) is 2. The summed E-state index contributed by atoms with van der Waals surface area (Å²) in [6, 6.07) is 7.73. The SMILES string of the molecule is CCCCCCC[N+](CC)(CC)C(CCC)c1ccc([N+](=O)[O-])cc1.[Br-]. The molecule has 0 aliphatic rings. The summed E-state index contributed by atoms with van der Waals surface area (Å²) in [4.78, 5) is 10.6. The fraction of sp³-hybridized carbons (Fsp3) is 0.714. The molecule has 0 heterocycles. The highest BCUT2D eigenvalue weighted by molar-refractivity contribution is 5.33. The van der Waals surface area contributed by atoms with Crippen molar-refractivity contribution in [1.82, 2.24) is 0 Å². The first-order valence-corrected chi connectivity index (χ1v) is 10.1. The van der Waals surface area contributed by atoms with Gasteiger partial charge in [-0.15, -0.1) is 0 Å². The Morgan fingerprint density at radius 3 is 1.96 bits per heavy atom. The fourth-order valence-corrected chi connectivity index (χ4v) is 4.02. The third-order valence-corrected chi connectivity index (χ3v) is 5.68. The smallest absolute Gasteiger partial charge is 0.269 e. The molecule has 4 nitrogen and oxygen atoms in total.